The third kappa shape index (κ3) is 8.69. The minimum absolute atomic E-state index is 0.00956. The van der Waals surface area contributed by atoms with Crippen LogP contribution in [0.5, 0.6) is 0 Å². The lowest BCUT2D eigenvalue weighted by Crippen LogP contribution is -2.35. The zero-order chi connectivity index (χ0) is 23.7. The summed E-state index contributed by atoms with van der Waals surface area (Å²) >= 11 is 6.06. The van der Waals surface area contributed by atoms with Gasteiger partial charge in [0.05, 0.1) is 16.7 Å². The molecule has 1 saturated heterocycles. The molecule has 1 amide bonds. The fourth-order valence-corrected chi connectivity index (χ4v) is 4.95. The topological polar surface area (TPSA) is 111 Å². The fraction of sp³-hybridized carbons (Fsp3) is 0.636. The summed E-state index contributed by atoms with van der Waals surface area (Å²) in [5.41, 5.74) is -0.00956. The van der Waals surface area contributed by atoms with Gasteiger partial charge in [0.2, 0.25) is 10.0 Å². The van der Waals surface area contributed by atoms with Crippen LogP contribution in [0.2, 0.25) is 5.02 Å². The predicted octanol–water partition coefficient (Wildman–Crippen LogP) is 3.29. The SMILES string of the molecule is CC(C)CCCC(C)NC(=O)COC(=O)c1ccc(Cl)c(S(=O)(=O)NCC2CCCO2)c1. The van der Waals surface area contributed by atoms with Crippen molar-refractivity contribution in [3.05, 3.63) is 28.8 Å². The van der Waals surface area contributed by atoms with Gasteiger partial charge in [0.25, 0.3) is 5.91 Å². The highest BCUT2D eigenvalue weighted by Gasteiger charge is 2.24. The lowest BCUT2D eigenvalue weighted by molar-refractivity contribution is -0.124. The van der Waals surface area contributed by atoms with Crippen molar-refractivity contribution in [3.8, 4) is 0 Å². The van der Waals surface area contributed by atoms with E-state index < -0.39 is 28.5 Å². The molecule has 10 heteroatoms. The zero-order valence-corrected chi connectivity index (χ0v) is 20.4. The van der Waals surface area contributed by atoms with Crippen LogP contribution < -0.4 is 10.0 Å². The molecule has 180 valence electrons. The van der Waals surface area contributed by atoms with Gasteiger partial charge in [-0.05, 0) is 50.3 Å². The second kappa shape index (κ2) is 12.5. The van der Waals surface area contributed by atoms with E-state index in [0.29, 0.717) is 12.5 Å². The normalized spacial score (nSPS) is 17.3. The van der Waals surface area contributed by atoms with E-state index in [-0.39, 0.29) is 34.2 Å². The molecule has 0 bridgehead atoms. The van der Waals surface area contributed by atoms with Crippen molar-refractivity contribution in [2.24, 2.45) is 5.92 Å². The van der Waals surface area contributed by atoms with Crippen LogP contribution in [-0.2, 0) is 24.3 Å². The molecule has 2 atom stereocenters. The molecule has 0 aliphatic carbocycles. The second-order valence-corrected chi connectivity index (χ2v) is 10.6. The highest BCUT2D eigenvalue weighted by molar-refractivity contribution is 7.89. The van der Waals surface area contributed by atoms with E-state index in [4.69, 9.17) is 21.1 Å². The smallest absolute Gasteiger partial charge is 0.338 e. The largest absolute Gasteiger partial charge is 0.452 e. The Morgan fingerprint density at radius 3 is 2.66 bits per heavy atom. The third-order valence-electron chi connectivity index (χ3n) is 5.14. The maximum absolute atomic E-state index is 12.6. The number of sulfonamides is 1. The maximum Gasteiger partial charge on any atom is 0.338 e. The number of halogens is 1. The van der Waals surface area contributed by atoms with Crippen LogP contribution in [0.25, 0.3) is 0 Å². The molecule has 32 heavy (non-hydrogen) atoms. The molecule has 1 aromatic rings. The molecule has 1 aliphatic rings. The van der Waals surface area contributed by atoms with Crippen molar-refractivity contribution in [1.82, 2.24) is 10.0 Å². The molecule has 2 unspecified atom stereocenters. The highest BCUT2D eigenvalue weighted by Crippen LogP contribution is 2.23. The van der Waals surface area contributed by atoms with Crippen molar-refractivity contribution in [2.75, 3.05) is 19.8 Å². The van der Waals surface area contributed by atoms with Crippen molar-refractivity contribution in [3.63, 3.8) is 0 Å². The van der Waals surface area contributed by atoms with Crippen molar-refractivity contribution < 1.29 is 27.5 Å². The Balaban J connectivity index is 1.89. The number of carbonyl (C=O) groups is 2. The molecular weight excluding hydrogens is 456 g/mol. The zero-order valence-electron chi connectivity index (χ0n) is 18.9. The summed E-state index contributed by atoms with van der Waals surface area (Å²) in [6.45, 7) is 6.49. The van der Waals surface area contributed by atoms with Gasteiger partial charge in [-0.25, -0.2) is 17.9 Å². The highest BCUT2D eigenvalue weighted by atomic mass is 35.5. The minimum atomic E-state index is -3.95. The summed E-state index contributed by atoms with van der Waals surface area (Å²) < 4.78 is 38.2. The predicted molar refractivity (Wildman–Crippen MR) is 122 cm³/mol. The number of hydrogen-bond donors (Lipinski definition) is 2. The Labute approximate surface area is 195 Å². The van der Waals surface area contributed by atoms with Crippen LogP contribution in [0.1, 0.15) is 63.2 Å². The number of hydrogen-bond acceptors (Lipinski definition) is 6. The van der Waals surface area contributed by atoms with Crippen LogP contribution in [0, 0.1) is 5.92 Å². The molecule has 0 aromatic heterocycles. The Morgan fingerprint density at radius 1 is 1.25 bits per heavy atom. The van der Waals surface area contributed by atoms with Gasteiger partial charge in [-0.3, -0.25) is 4.79 Å². The van der Waals surface area contributed by atoms with E-state index in [1.165, 1.54) is 12.1 Å². The molecule has 1 fully saturated rings. The Hall–Kier alpha value is -1.68. The third-order valence-corrected chi connectivity index (χ3v) is 7.05. The second-order valence-electron chi connectivity index (χ2n) is 8.50. The Bertz CT molecular complexity index is 884. The molecule has 8 nitrogen and oxygen atoms in total. The number of nitrogens with one attached hydrogen (secondary N) is 2. The lowest BCUT2D eigenvalue weighted by Gasteiger charge is -2.15. The summed E-state index contributed by atoms with van der Waals surface area (Å²) in [6.07, 6.45) is 4.42. The Kier molecular flexibility index (Phi) is 10.4. The lowest BCUT2D eigenvalue weighted by atomic mass is 10.0. The summed E-state index contributed by atoms with van der Waals surface area (Å²) in [5, 5.41) is 2.77. The van der Waals surface area contributed by atoms with E-state index in [2.05, 4.69) is 23.9 Å². The first kappa shape index (κ1) is 26.6. The van der Waals surface area contributed by atoms with E-state index in [9.17, 15) is 18.0 Å². The standard InChI is InChI=1S/C22H33ClN2O6S/c1-15(2)6-4-7-16(3)25-21(26)14-31-22(27)17-9-10-19(23)20(12-17)32(28,29)24-13-18-8-5-11-30-18/h9-10,12,15-16,18,24H,4-8,11,13-14H2,1-3H3,(H,25,26). The average Bonchev–Trinajstić information content (AvgIpc) is 3.24. The van der Waals surface area contributed by atoms with Gasteiger partial charge in [-0.15, -0.1) is 0 Å². The van der Waals surface area contributed by atoms with Crippen molar-refractivity contribution >= 4 is 33.5 Å². The van der Waals surface area contributed by atoms with Crippen LogP contribution >= 0.6 is 11.6 Å². The van der Waals surface area contributed by atoms with E-state index in [1.54, 1.807) is 0 Å². The first-order valence-corrected chi connectivity index (χ1v) is 12.8. The molecule has 0 spiro atoms. The van der Waals surface area contributed by atoms with Gasteiger partial charge in [0, 0.05) is 19.2 Å². The van der Waals surface area contributed by atoms with E-state index in [0.717, 1.165) is 38.2 Å². The molecule has 2 N–H and O–H groups in total. The summed E-state index contributed by atoms with van der Waals surface area (Å²) in [5.74, 6) is -0.603. The van der Waals surface area contributed by atoms with Gasteiger partial charge in [-0.2, -0.15) is 0 Å². The van der Waals surface area contributed by atoms with Crippen LogP contribution in [-0.4, -0.2) is 52.2 Å². The number of amides is 1. The first-order chi connectivity index (χ1) is 15.1. The minimum Gasteiger partial charge on any atom is -0.452 e. The average molecular weight is 489 g/mol. The first-order valence-electron chi connectivity index (χ1n) is 11.0. The fourth-order valence-electron chi connectivity index (χ4n) is 3.36. The summed E-state index contributed by atoms with van der Waals surface area (Å²) in [4.78, 5) is 24.2. The number of carbonyl (C=O) groups excluding carboxylic acids is 2. The van der Waals surface area contributed by atoms with Crippen LogP contribution in [0.15, 0.2) is 23.1 Å². The summed E-state index contributed by atoms with van der Waals surface area (Å²) in [6, 6.07) is 3.79. The molecule has 1 aromatic carbocycles. The van der Waals surface area contributed by atoms with Crippen molar-refractivity contribution in [1.29, 1.82) is 0 Å². The van der Waals surface area contributed by atoms with Gasteiger partial charge in [-0.1, -0.05) is 38.3 Å². The molecular formula is C22H33ClN2O6S. The molecule has 0 radical (unpaired) electrons. The van der Waals surface area contributed by atoms with Crippen molar-refractivity contribution in [2.45, 2.75) is 69.9 Å². The van der Waals surface area contributed by atoms with Crippen LogP contribution in [0.4, 0.5) is 0 Å². The van der Waals surface area contributed by atoms with E-state index >= 15 is 0 Å². The number of ether oxygens (including phenoxy) is 2. The quantitative estimate of drug-likeness (QED) is 0.437. The number of rotatable bonds is 12. The van der Waals surface area contributed by atoms with Gasteiger partial charge in [0.15, 0.2) is 6.61 Å². The number of benzene rings is 1. The van der Waals surface area contributed by atoms with Gasteiger partial charge >= 0.3 is 5.97 Å². The molecule has 1 aliphatic heterocycles. The monoisotopic (exact) mass is 488 g/mol. The van der Waals surface area contributed by atoms with E-state index in [1.807, 2.05) is 6.92 Å². The molecule has 2 rings (SSSR count). The Morgan fingerprint density at radius 2 is 2.00 bits per heavy atom. The van der Waals surface area contributed by atoms with Gasteiger partial charge < -0.3 is 14.8 Å². The molecule has 0 saturated carbocycles. The number of esters is 1. The molecule has 1 heterocycles. The maximum atomic E-state index is 12.6. The van der Waals surface area contributed by atoms with Gasteiger partial charge in [0.1, 0.15) is 4.90 Å². The summed E-state index contributed by atoms with van der Waals surface area (Å²) in [7, 11) is -3.95. The van der Waals surface area contributed by atoms with Crippen LogP contribution in [0.3, 0.4) is 0 Å².